The largest absolute Gasteiger partial charge is 0.387 e. The molecule has 0 radical (unpaired) electrons. The van der Waals surface area contributed by atoms with E-state index in [2.05, 4.69) is 10.3 Å². The van der Waals surface area contributed by atoms with Gasteiger partial charge in [0.15, 0.2) is 16.8 Å². The summed E-state index contributed by atoms with van der Waals surface area (Å²) in [6.07, 6.45) is -0.731. The zero-order chi connectivity index (χ0) is 14.0. The number of nitrogens with one attached hydrogen (secondary N) is 1. The molecule has 2 rings (SSSR count). The number of rotatable bonds is 3. The second-order valence-electron chi connectivity index (χ2n) is 3.84. The molecule has 1 unspecified atom stereocenters. The van der Waals surface area contributed by atoms with Crippen molar-refractivity contribution in [3.8, 4) is 0 Å². The van der Waals surface area contributed by atoms with E-state index < -0.39 is 23.6 Å². The Labute approximate surface area is 111 Å². The first-order valence-electron chi connectivity index (χ1n) is 5.37. The standard InChI is InChI=1S/C12H10F2N2O2S/c1-6(17)10-5-19-12(15-10)16-11(18)7-2-3-8(13)9(14)4-7/h2-6,17H,1H3,(H,15,16,18). The maximum Gasteiger partial charge on any atom is 0.257 e. The van der Waals surface area contributed by atoms with Crippen molar-refractivity contribution in [3.63, 3.8) is 0 Å². The van der Waals surface area contributed by atoms with Gasteiger partial charge in [0.1, 0.15) is 0 Å². The monoisotopic (exact) mass is 284 g/mol. The quantitative estimate of drug-likeness (QED) is 0.911. The zero-order valence-corrected chi connectivity index (χ0v) is 10.7. The molecule has 1 heterocycles. The Morgan fingerprint density at radius 2 is 2.16 bits per heavy atom. The number of thiazole rings is 1. The molecule has 0 spiro atoms. The van der Waals surface area contributed by atoms with E-state index in [0.29, 0.717) is 5.69 Å². The minimum absolute atomic E-state index is 0.00676. The molecule has 2 N–H and O–H groups in total. The Morgan fingerprint density at radius 1 is 1.42 bits per heavy atom. The van der Waals surface area contributed by atoms with Gasteiger partial charge < -0.3 is 5.11 Å². The lowest BCUT2D eigenvalue weighted by Crippen LogP contribution is -2.12. The fourth-order valence-corrected chi connectivity index (χ4v) is 2.13. The maximum atomic E-state index is 13.0. The van der Waals surface area contributed by atoms with Crippen LogP contribution in [0.4, 0.5) is 13.9 Å². The number of hydrogen-bond acceptors (Lipinski definition) is 4. The van der Waals surface area contributed by atoms with Crippen LogP contribution in [0.15, 0.2) is 23.6 Å². The van der Waals surface area contributed by atoms with Crippen LogP contribution >= 0.6 is 11.3 Å². The van der Waals surface area contributed by atoms with Crippen molar-refractivity contribution in [1.82, 2.24) is 4.98 Å². The van der Waals surface area contributed by atoms with Gasteiger partial charge in [-0.25, -0.2) is 13.8 Å². The molecule has 100 valence electrons. The van der Waals surface area contributed by atoms with E-state index in [9.17, 15) is 18.7 Å². The van der Waals surface area contributed by atoms with Crippen LogP contribution in [0.2, 0.25) is 0 Å². The van der Waals surface area contributed by atoms with Gasteiger partial charge in [-0.15, -0.1) is 11.3 Å². The number of aliphatic hydroxyl groups excluding tert-OH is 1. The minimum Gasteiger partial charge on any atom is -0.387 e. The zero-order valence-electron chi connectivity index (χ0n) is 9.85. The summed E-state index contributed by atoms with van der Waals surface area (Å²) in [6.45, 7) is 1.55. The first-order valence-corrected chi connectivity index (χ1v) is 6.25. The lowest BCUT2D eigenvalue weighted by Gasteiger charge is -2.02. The summed E-state index contributed by atoms with van der Waals surface area (Å²) in [5, 5.41) is 13.6. The third-order valence-corrected chi connectivity index (χ3v) is 3.13. The maximum absolute atomic E-state index is 13.0. The topological polar surface area (TPSA) is 62.2 Å². The summed E-state index contributed by atoms with van der Waals surface area (Å²) < 4.78 is 25.7. The van der Waals surface area contributed by atoms with E-state index in [1.807, 2.05) is 0 Å². The highest BCUT2D eigenvalue weighted by Crippen LogP contribution is 2.21. The Kier molecular flexibility index (Phi) is 3.87. The number of halogens is 2. The smallest absolute Gasteiger partial charge is 0.257 e. The Bertz CT molecular complexity index is 614. The molecule has 1 amide bonds. The van der Waals surface area contributed by atoms with Crippen molar-refractivity contribution < 1.29 is 18.7 Å². The number of aliphatic hydroxyl groups is 1. The Hall–Kier alpha value is -1.86. The highest BCUT2D eigenvalue weighted by Gasteiger charge is 2.13. The van der Waals surface area contributed by atoms with E-state index in [1.54, 1.807) is 12.3 Å². The van der Waals surface area contributed by atoms with E-state index >= 15 is 0 Å². The molecule has 4 nitrogen and oxygen atoms in total. The van der Waals surface area contributed by atoms with Crippen LogP contribution in [0.25, 0.3) is 0 Å². The van der Waals surface area contributed by atoms with Crippen molar-refractivity contribution in [3.05, 3.63) is 46.5 Å². The second-order valence-corrected chi connectivity index (χ2v) is 4.69. The molecule has 0 saturated heterocycles. The van der Waals surface area contributed by atoms with Gasteiger partial charge in [0.25, 0.3) is 5.91 Å². The molecule has 0 aliphatic carbocycles. The number of aromatic nitrogens is 1. The summed E-state index contributed by atoms with van der Waals surface area (Å²) in [5.74, 6) is -2.69. The van der Waals surface area contributed by atoms with Gasteiger partial charge in [-0.1, -0.05) is 0 Å². The van der Waals surface area contributed by atoms with E-state index in [1.165, 1.54) is 6.07 Å². The third kappa shape index (κ3) is 3.12. The molecule has 1 aromatic carbocycles. The molecule has 0 bridgehead atoms. The van der Waals surface area contributed by atoms with Crippen molar-refractivity contribution in [2.45, 2.75) is 13.0 Å². The van der Waals surface area contributed by atoms with Gasteiger partial charge in [-0.2, -0.15) is 0 Å². The van der Waals surface area contributed by atoms with E-state index in [0.717, 1.165) is 23.5 Å². The summed E-state index contributed by atoms with van der Waals surface area (Å²) >= 11 is 1.14. The van der Waals surface area contributed by atoms with Crippen LogP contribution in [-0.2, 0) is 0 Å². The minimum atomic E-state index is -1.09. The second kappa shape index (κ2) is 5.41. The average Bonchev–Trinajstić information content (AvgIpc) is 2.81. The fourth-order valence-electron chi connectivity index (χ4n) is 1.34. The van der Waals surface area contributed by atoms with Gasteiger partial charge in [0.2, 0.25) is 0 Å². The van der Waals surface area contributed by atoms with Crippen LogP contribution in [0.5, 0.6) is 0 Å². The molecular formula is C12H10F2N2O2S. The SMILES string of the molecule is CC(O)c1csc(NC(=O)c2ccc(F)c(F)c2)n1. The molecule has 2 aromatic rings. The number of anilines is 1. The summed E-state index contributed by atoms with van der Waals surface area (Å²) in [5.41, 5.74) is 0.429. The lowest BCUT2D eigenvalue weighted by atomic mass is 10.2. The van der Waals surface area contributed by atoms with Gasteiger partial charge >= 0.3 is 0 Å². The number of carbonyl (C=O) groups excluding carboxylic acids is 1. The highest BCUT2D eigenvalue weighted by atomic mass is 32.1. The number of hydrogen-bond donors (Lipinski definition) is 2. The summed E-state index contributed by atoms with van der Waals surface area (Å²) in [4.78, 5) is 15.7. The normalized spacial score (nSPS) is 12.2. The van der Waals surface area contributed by atoms with Crippen molar-refractivity contribution in [2.75, 3.05) is 5.32 Å². The molecule has 0 aliphatic heterocycles. The first kappa shape index (κ1) is 13.6. The van der Waals surface area contributed by atoms with Gasteiger partial charge in [-0.3, -0.25) is 10.1 Å². The highest BCUT2D eigenvalue weighted by molar-refractivity contribution is 7.14. The van der Waals surface area contributed by atoms with Crippen molar-refractivity contribution in [1.29, 1.82) is 0 Å². The molecule has 0 saturated carbocycles. The van der Waals surface area contributed by atoms with Crippen LogP contribution in [0.1, 0.15) is 29.1 Å². The molecule has 1 aromatic heterocycles. The number of nitrogens with zero attached hydrogens (tertiary/aromatic N) is 1. The molecule has 7 heteroatoms. The molecule has 0 aliphatic rings. The summed E-state index contributed by atoms with van der Waals surface area (Å²) in [6, 6.07) is 2.87. The molecular weight excluding hydrogens is 274 g/mol. The Morgan fingerprint density at radius 3 is 2.74 bits per heavy atom. The average molecular weight is 284 g/mol. The first-order chi connectivity index (χ1) is 8.97. The van der Waals surface area contributed by atoms with Crippen molar-refractivity contribution in [2.24, 2.45) is 0 Å². The van der Waals surface area contributed by atoms with Crippen LogP contribution in [-0.4, -0.2) is 16.0 Å². The Balaban J connectivity index is 2.13. The van der Waals surface area contributed by atoms with E-state index in [4.69, 9.17) is 0 Å². The lowest BCUT2D eigenvalue weighted by molar-refractivity contribution is 0.102. The predicted molar refractivity (Wildman–Crippen MR) is 67.1 cm³/mol. The van der Waals surface area contributed by atoms with Gasteiger partial charge in [0.05, 0.1) is 11.8 Å². The molecule has 19 heavy (non-hydrogen) atoms. The van der Waals surface area contributed by atoms with Gasteiger partial charge in [-0.05, 0) is 25.1 Å². The number of carbonyl (C=O) groups is 1. The number of amides is 1. The van der Waals surface area contributed by atoms with E-state index in [-0.39, 0.29) is 10.7 Å². The number of benzene rings is 1. The van der Waals surface area contributed by atoms with Crippen LogP contribution in [0, 0.1) is 11.6 Å². The van der Waals surface area contributed by atoms with Crippen LogP contribution < -0.4 is 5.32 Å². The van der Waals surface area contributed by atoms with Crippen LogP contribution in [0.3, 0.4) is 0 Å². The van der Waals surface area contributed by atoms with Gasteiger partial charge in [0, 0.05) is 10.9 Å². The predicted octanol–water partition coefficient (Wildman–Crippen LogP) is 2.73. The van der Waals surface area contributed by atoms with Crippen molar-refractivity contribution >= 4 is 22.4 Å². The molecule has 0 fully saturated rings. The fraction of sp³-hybridized carbons (Fsp3) is 0.167. The molecule has 1 atom stereocenters. The summed E-state index contributed by atoms with van der Waals surface area (Å²) in [7, 11) is 0. The third-order valence-electron chi connectivity index (χ3n) is 2.35.